The Hall–Kier alpha value is -1.88. The maximum Gasteiger partial charge on any atom is 0.127 e. The van der Waals surface area contributed by atoms with Gasteiger partial charge in [0.25, 0.3) is 0 Å². The normalized spacial score (nSPS) is 24.9. The van der Waals surface area contributed by atoms with E-state index < -0.39 is 0 Å². The number of fused-ring (bicyclic) bond motifs is 3. The van der Waals surface area contributed by atoms with Gasteiger partial charge in [0.15, 0.2) is 0 Å². The van der Waals surface area contributed by atoms with Crippen molar-refractivity contribution in [3.63, 3.8) is 0 Å². The minimum Gasteiger partial charge on any atom is -0.488 e. The van der Waals surface area contributed by atoms with E-state index >= 15 is 0 Å². The molecule has 0 fully saturated rings. The molecule has 2 heterocycles. The second kappa shape index (κ2) is 5.06. The number of benzene rings is 1. The van der Waals surface area contributed by atoms with Crippen LogP contribution in [0.5, 0.6) is 5.75 Å². The third-order valence-electron chi connectivity index (χ3n) is 5.68. The van der Waals surface area contributed by atoms with Crippen LogP contribution in [0, 0.1) is 0 Å². The molecule has 1 atom stereocenters. The Kier molecular flexibility index (Phi) is 3.52. The molecule has 23 heavy (non-hydrogen) atoms. The molecular weight excluding hydrogens is 290 g/mol. The van der Waals surface area contributed by atoms with E-state index in [4.69, 9.17) is 4.74 Å². The van der Waals surface area contributed by atoms with Crippen molar-refractivity contribution in [2.45, 2.75) is 30.9 Å². The fourth-order valence-corrected chi connectivity index (χ4v) is 4.51. The maximum atomic E-state index is 5.71. The number of ether oxygens (including phenoxy) is 1. The van der Waals surface area contributed by atoms with Crippen LogP contribution in [-0.4, -0.2) is 29.4 Å². The van der Waals surface area contributed by atoms with Gasteiger partial charge in [-0.15, -0.1) is 0 Å². The lowest BCUT2D eigenvalue weighted by atomic mass is 9.75. The Labute approximate surface area is 136 Å². The number of hydrogen-bond acceptors (Lipinski definition) is 2. The predicted molar refractivity (Wildman–Crippen MR) is 90.8 cm³/mol. The molecule has 1 aromatic carbocycles. The molecule has 4 aliphatic rings. The predicted octanol–water partition coefficient (Wildman–Crippen LogP) is 1.78. The van der Waals surface area contributed by atoms with E-state index in [0.29, 0.717) is 6.04 Å². The van der Waals surface area contributed by atoms with Crippen molar-refractivity contribution < 1.29 is 15.7 Å². The van der Waals surface area contributed by atoms with E-state index in [2.05, 4.69) is 48.9 Å². The molecule has 0 bridgehead atoms. The molecule has 2 aliphatic heterocycles. The summed E-state index contributed by atoms with van der Waals surface area (Å²) in [4.78, 5) is 2.53. The van der Waals surface area contributed by atoms with Gasteiger partial charge in [0.2, 0.25) is 0 Å². The number of rotatable bonds is 0. The minimum atomic E-state index is 0. The van der Waals surface area contributed by atoms with Crippen molar-refractivity contribution >= 4 is 0 Å². The van der Waals surface area contributed by atoms with Crippen LogP contribution in [0.15, 0.2) is 42.5 Å². The molecule has 4 nitrogen and oxygen atoms in total. The van der Waals surface area contributed by atoms with Gasteiger partial charge in [0.1, 0.15) is 12.4 Å². The number of hydrogen-bond donors (Lipinski definition) is 0. The topological polar surface area (TPSA) is 75.5 Å². The Balaban J connectivity index is 0.000000781. The highest BCUT2D eigenvalue weighted by atomic mass is 16.5. The number of likely N-dealkylation sites (N-methyl/N-ethyl adjacent to an activating group) is 1. The molecule has 0 radical (unpaired) electrons. The minimum absolute atomic E-state index is 0. The van der Waals surface area contributed by atoms with Gasteiger partial charge in [-0.1, -0.05) is 30.9 Å². The Morgan fingerprint density at radius 2 is 2.00 bits per heavy atom. The second-order valence-electron chi connectivity index (χ2n) is 6.82. The summed E-state index contributed by atoms with van der Waals surface area (Å²) in [7, 11) is 2.27. The first-order chi connectivity index (χ1) is 10.2. The maximum absolute atomic E-state index is 5.71. The monoisotopic (exact) mass is 313 g/mol. The summed E-state index contributed by atoms with van der Waals surface area (Å²) in [6, 6.07) is 2.85. The van der Waals surface area contributed by atoms with E-state index in [0.717, 1.165) is 37.3 Å². The van der Waals surface area contributed by atoms with Crippen LogP contribution in [0.3, 0.4) is 0 Å². The molecular formula is C19H23NO3. The molecule has 0 amide bonds. The summed E-state index contributed by atoms with van der Waals surface area (Å²) in [5, 5.41) is 0. The third-order valence-corrected chi connectivity index (χ3v) is 5.68. The van der Waals surface area contributed by atoms with Crippen LogP contribution in [0.4, 0.5) is 0 Å². The van der Waals surface area contributed by atoms with Crippen molar-refractivity contribution in [3.8, 4) is 5.75 Å². The molecule has 4 N–H and O–H groups in total. The van der Waals surface area contributed by atoms with Crippen molar-refractivity contribution in [1.82, 2.24) is 4.90 Å². The van der Waals surface area contributed by atoms with E-state index in [9.17, 15) is 0 Å². The lowest BCUT2D eigenvalue weighted by molar-refractivity contribution is 0.221. The first kappa shape index (κ1) is 16.0. The molecule has 1 aromatic rings. The lowest BCUT2D eigenvalue weighted by Crippen LogP contribution is -2.31. The molecule has 0 saturated carbocycles. The van der Waals surface area contributed by atoms with Gasteiger partial charge in [0, 0.05) is 23.6 Å². The van der Waals surface area contributed by atoms with Gasteiger partial charge in [-0.2, -0.15) is 0 Å². The largest absolute Gasteiger partial charge is 0.488 e. The summed E-state index contributed by atoms with van der Waals surface area (Å²) in [5.41, 5.74) is 7.23. The average Bonchev–Trinajstić information content (AvgIpc) is 2.77. The second-order valence-corrected chi connectivity index (χ2v) is 6.82. The third kappa shape index (κ3) is 1.89. The number of allylic oxidation sites excluding steroid dienone is 5. The first-order valence-electron chi connectivity index (χ1n) is 7.77. The number of nitrogens with zero attached hydrogens (tertiary/aromatic N) is 1. The Morgan fingerprint density at radius 1 is 1.26 bits per heavy atom. The summed E-state index contributed by atoms with van der Waals surface area (Å²) in [6.07, 6.45) is 11.4. The molecule has 1 unspecified atom stereocenters. The summed E-state index contributed by atoms with van der Waals surface area (Å²) >= 11 is 0. The SMILES string of the molecule is C=C1C=CC2(C=C1)CC1c3c(cc4c(c32)CO4)CCN1C.O.O. The van der Waals surface area contributed by atoms with Crippen LogP contribution >= 0.6 is 0 Å². The highest BCUT2D eigenvalue weighted by Gasteiger charge is 2.48. The Bertz CT molecular complexity index is 731. The van der Waals surface area contributed by atoms with Crippen LogP contribution in [0.2, 0.25) is 0 Å². The van der Waals surface area contributed by atoms with Gasteiger partial charge in [0.05, 0.1) is 0 Å². The molecule has 122 valence electrons. The van der Waals surface area contributed by atoms with Crippen LogP contribution in [-0.2, 0) is 18.4 Å². The molecule has 0 saturated heterocycles. The highest BCUT2D eigenvalue weighted by molar-refractivity contribution is 5.64. The summed E-state index contributed by atoms with van der Waals surface area (Å²) in [6.45, 7) is 5.98. The zero-order valence-electron chi connectivity index (χ0n) is 13.4. The van der Waals surface area contributed by atoms with Gasteiger partial charge in [-0.3, -0.25) is 4.90 Å². The zero-order chi connectivity index (χ0) is 14.2. The smallest absolute Gasteiger partial charge is 0.127 e. The average molecular weight is 313 g/mol. The first-order valence-corrected chi connectivity index (χ1v) is 7.77. The van der Waals surface area contributed by atoms with Gasteiger partial charge < -0.3 is 15.7 Å². The molecule has 4 heteroatoms. The summed E-state index contributed by atoms with van der Waals surface area (Å²) < 4.78 is 5.71. The van der Waals surface area contributed by atoms with Crippen LogP contribution in [0.25, 0.3) is 0 Å². The zero-order valence-corrected chi connectivity index (χ0v) is 13.4. The van der Waals surface area contributed by atoms with Crippen molar-refractivity contribution in [2.24, 2.45) is 0 Å². The van der Waals surface area contributed by atoms with Crippen molar-refractivity contribution in [1.29, 1.82) is 0 Å². The van der Waals surface area contributed by atoms with E-state index in [-0.39, 0.29) is 16.4 Å². The lowest BCUT2D eigenvalue weighted by Gasteiger charge is -2.34. The highest BCUT2D eigenvalue weighted by Crippen LogP contribution is 2.57. The summed E-state index contributed by atoms with van der Waals surface area (Å²) in [5.74, 6) is 1.12. The fraction of sp³-hybridized carbons (Fsp3) is 0.368. The van der Waals surface area contributed by atoms with E-state index in [1.54, 1.807) is 5.56 Å². The fourth-order valence-electron chi connectivity index (χ4n) is 4.51. The molecule has 2 aliphatic carbocycles. The molecule has 0 aromatic heterocycles. The quantitative estimate of drug-likeness (QED) is 0.732. The van der Waals surface area contributed by atoms with E-state index in [1.165, 1.54) is 16.7 Å². The van der Waals surface area contributed by atoms with Crippen LogP contribution in [0.1, 0.15) is 34.7 Å². The van der Waals surface area contributed by atoms with E-state index in [1.807, 2.05) is 0 Å². The molecule has 1 spiro atoms. The van der Waals surface area contributed by atoms with Crippen molar-refractivity contribution in [2.75, 3.05) is 13.6 Å². The van der Waals surface area contributed by atoms with Crippen LogP contribution < -0.4 is 4.74 Å². The standard InChI is InChI=1S/C19H19NO.2H2O/c1-12-3-6-19(7-4-12)10-15-17-13(5-8-20(15)2)9-16-14(11-21-16)18(17)19;;/h3-4,6-7,9,15H,1,5,8,10-11H2,2H3;2*1H2. The van der Waals surface area contributed by atoms with Crippen molar-refractivity contribution in [3.05, 3.63) is 64.8 Å². The van der Waals surface area contributed by atoms with Gasteiger partial charge >= 0.3 is 0 Å². The van der Waals surface area contributed by atoms with Gasteiger partial charge in [-0.05, 0) is 48.2 Å². The van der Waals surface area contributed by atoms with Gasteiger partial charge in [-0.25, -0.2) is 0 Å². The molecule has 5 rings (SSSR count). The Morgan fingerprint density at radius 3 is 2.65 bits per heavy atom.